The van der Waals surface area contributed by atoms with E-state index in [1.54, 1.807) is 12.1 Å². The van der Waals surface area contributed by atoms with Gasteiger partial charge in [-0.05, 0) is 41.5 Å². The number of carbonyl (C=O) groups is 1. The van der Waals surface area contributed by atoms with Crippen molar-refractivity contribution in [1.82, 2.24) is 0 Å². The molecule has 0 unspecified atom stereocenters. The standard InChI is InChI=1S/C22H16F4O2S/c23-21(24)22(25,26)28-17-8-4-7-16(13-17)9-11-19(27)20-12-10-18(29-20)14-15-5-2-1-3-6-15/h1-13,21H,14H2/b11-9+. The van der Waals surface area contributed by atoms with Crippen LogP contribution in [0.1, 0.15) is 25.7 Å². The number of allylic oxidation sites excluding steroid dienone is 1. The van der Waals surface area contributed by atoms with Crippen molar-refractivity contribution in [1.29, 1.82) is 0 Å². The van der Waals surface area contributed by atoms with Gasteiger partial charge in [-0.15, -0.1) is 11.3 Å². The van der Waals surface area contributed by atoms with E-state index in [2.05, 4.69) is 4.74 Å². The second-order valence-electron chi connectivity index (χ2n) is 6.16. The van der Waals surface area contributed by atoms with Crippen molar-refractivity contribution in [3.05, 3.63) is 93.7 Å². The smallest absolute Gasteiger partial charge is 0.428 e. The summed E-state index contributed by atoms with van der Waals surface area (Å²) in [6.07, 6.45) is -5.06. The van der Waals surface area contributed by atoms with E-state index in [4.69, 9.17) is 0 Å². The van der Waals surface area contributed by atoms with Crippen LogP contribution in [0.25, 0.3) is 6.08 Å². The molecule has 2 aromatic carbocycles. The SMILES string of the molecule is O=C(/C=C/c1cccc(OC(F)(F)C(F)F)c1)c1ccc(Cc2ccccc2)s1. The Morgan fingerprint density at radius 1 is 1.03 bits per heavy atom. The number of hydrogen-bond acceptors (Lipinski definition) is 3. The summed E-state index contributed by atoms with van der Waals surface area (Å²) >= 11 is 1.38. The zero-order chi connectivity index (χ0) is 20.9. The minimum Gasteiger partial charge on any atom is -0.428 e. The van der Waals surface area contributed by atoms with Crippen LogP contribution in [0.3, 0.4) is 0 Å². The second kappa shape index (κ2) is 9.05. The number of thiophene rings is 1. The van der Waals surface area contributed by atoms with Gasteiger partial charge in [-0.1, -0.05) is 48.5 Å². The molecule has 0 saturated heterocycles. The highest BCUT2D eigenvalue weighted by Gasteiger charge is 2.43. The summed E-state index contributed by atoms with van der Waals surface area (Å²) in [6.45, 7) is 0. The van der Waals surface area contributed by atoms with Crippen LogP contribution >= 0.6 is 11.3 Å². The summed E-state index contributed by atoms with van der Waals surface area (Å²) in [4.78, 5) is 13.9. The third kappa shape index (κ3) is 5.77. The van der Waals surface area contributed by atoms with Gasteiger partial charge in [0, 0.05) is 11.3 Å². The van der Waals surface area contributed by atoms with E-state index in [0.29, 0.717) is 10.4 Å². The van der Waals surface area contributed by atoms with Crippen molar-refractivity contribution in [3.63, 3.8) is 0 Å². The van der Waals surface area contributed by atoms with E-state index in [1.807, 2.05) is 36.4 Å². The maximum Gasteiger partial charge on any atom is 0.461 e. The van der Waals surface area contributed by atoms with E-state index < -0.39 is 18.3 Å². The molecule has 0 N–H and O–H groups in total. The Kier molecular flexibility index (Phi) is 6.49. The van der Waals surface area contributed by atoms with Crippen LogP contribution < -0.4 is 4.74 Å². The molecular weight excluding hydrogens is 404 g/mol. The van der Waals surface area contributed by atoms with Crippen LogP contribution in [0.5, 0.6) is 5.75 Å². The highest BCUT2D eigenvalue weighted by atomic mass is 32.1. The molecule has 1 aromatic heterocycles. The quantitative estimate of drug-likeness (QED) is 0.237. The topological polar surface area (TPSA) is 26.3 Å². The molecule has 0 aliphatic rings. The Labute approximate surface area is 169 Å². The molecule has 0 bridgehead atoms. The lowest BCUT2D eigenvalue weighted by Gasteiger charge is -2.16. The first-order valence-electron chi connectivity index (χ1n) is 8.63. The average Bonchev–Trinajstić information content (AvgIpc) is 3.15. The molecule has 0 amide bonds. The third-order valence-corrected chi connectivity index (χ3v) is 5.02. The molecule has 150 valence electrons. The number of halogens is 4. The van der Waals surface area contributed by atoms with E-state index in [1.165, 1.54) is 29.6 Å². The highest BCUT2D eigenvalue weighted by molar-refractivity contribution is 7.14. The fourth-order valence-electron chi connectivity index (χ4n) is 2.54. The van der Waals surface area contributed by atoms with Gasteiger partial charge in [-0.2, -0.15) is 17.6 Å². The lowest BCUT2D eigenvalue weighted by molar-refractivity contribution is -0.253. The van der Waals surface area contributed by atoms with Gasteiger partial charge >= 0.3 is 12.5 Å². The van der Waals surface area contributed by atoms with Gasteiger partial charge in [-0.25, -0.2) is 0 Å². The predicted molar refractivity (Wildman–Crippen MR) is 105 cm³/mol. The van der Waals surface area contributed by atoms with Crippen molar-refractivity contribution < 1.29 is 27.1 Å². The molecule has 0 spiro atoms. The van der Waals surface area contributed by atoms with Gasteiger partial charge in [0.2, 0.25) is 0 Å². The first-order valence-corrected chi connectivity index (χ1v) is 9.45. The lowest BCUT2D eigenvalue weighted by Crippen LogP contribution is -2.33. The predicted octanol–water partition coefficient (Wildman–Crippen LogP) is 6.47. The van der Waals surface area contributed by atoms with E-state index in [0.717, 1.165) is 29.0 Å². The normalized spacial score (nSPS) is 11.9. The molecule has 0 atom stereocenters. The Morgan fingerprint density at radius 3 is 2.52 bits per heavy atom. The number of carbonyl (C=O) groups excluding carboxylic acids is 1. The van der Waals surface area contributed by atoms with Crippen molar-refractivity contribution >= 4 is 23.2 Å². The summed E-state index contributed by atoms with van der Waals surface area (Å²) in [6, 6.07) is 18.7. The highest BCUT2D eigenvalue weighted by Crippen LogP contribution is 2.28. The van der Waals surface area contributed by atoms with E-state index in [9.17, 15) is 22.4 Å². The van der Waals surface area contributed by atoms with Gasteiger partial charge in [0.1, 0.15) is 5.75 Å². The Morgan fingerprint density at radius 2 is 1.79 bits per heavy atom. The molecule has 2 nitrogen and oxygen atoms in total. The van der Waals surface area contributed by atoms with Crippen LogP contribution in [0.15, 0.2) is 72.8 Å². The third-order valence-electron chi connectivity index (χ3n) is 3.92. The Bertz CT molecular complexity index is 997. The average molecular weight is 420 g/mol. The molecule has 0 fully saturated rings. The number of alkyl halides is 4. The lowest BCUT2D eigenvalue weighted by atomic mass is 10.1. The van der Waals surface area contributed by atoms with Crippen LogP contribution in [0.4, 0.5) is 17.6 Å². The van der Waals surface area contributed by atoms with Crippen LogP contribution in [-0.4, -0.2) is 18.3 Å². The van der Waals surface area contributed by atoms with Crippen molar-refractivity contribution in [2.75, 3.05) is 0 Å². The zero-order valence-corrected chi connectivity index (χ0v) is 15.8. The van der Waals surface area contributed by atoms with Crippen molar-refractivity contribution in [2.24, 2.45) is 0 Å². The first-order chi connectivity index (χ1) is 13.8. The fraction of sp³-hybridized carbons (Fsp3) is 0.136. The van der Waals surface area contributed by atoms with Crippen molar-refractivity contribution in [3.8, 4) is 5.75 Å². The number of rotatable bonds is 8. The molecule has 0 radical (unpaired) electrons. The molecule has 7 heteroatoms. The maximum atomic E-state index is 13.0. The summed E-state index contributed by atoms with van der Waals surface area (Å²) in [7, 11) is 0. The second-order valence-corrected chi connectivity index (χ2v) is 7.33. The minimum absolute atomic E-state index is 0.237. The van der Waals surface area contributed by atoms with Gasteiger partial charge in [0.25, 0.3) is 0 Å². The molecule has 29 heavy (non-hydrogen) atoms. The maximum absolute atomic E-state index is 13.0. The van der Waals surface area contributed by atoms with E-state index in [-0.39, 0.29) is 5.78 Å². The molecule has 0 aliphatic carbocycles. The summed E-state index contributed by atoms with van der Waals surface area (Å²) < 4.78 is 54.6. The molecule has 0 saturated carbocycles. The molecule has 3 rings (SSSR count). The molecule has 3 aromatic rings. The largest absolute Gasteiger partial charge is 0.461 e. The van der Waals surface area contributed by atoms with Crippen molar-refractivity contribution in [2.45, 2.75) is 19.0 Å². The Hall–Kier alpha value is -2.93. The number of ether oxygens (including phenoxy) is 1. The van der Waals surface area contributed by atoms with Crippen LogP contribution in [0.2, 0.25) is 0 Å². The van der Waals surface area contributed by atoms with Crippen LogP contribution in [-0.2, 0) is 6.42 Å². The Balaban J connectivity index is 1.66. The van der Waals surface area contributed by atoms with Gasteiger partial charge < -0.3 is 4.74 Å². The molecule has 0 aliphatic heterocycles. The zero-order valence-electron chi connectivity index (χ0n) is 15.0. The molecular formula is C22H16F4O2S. The molecule has 1 heterocycles. The fourth-order valence-corrected chi connectivity index (χ4v) is 3.50. The van der Waals surface area contributed by atoms with E-state index >= 15 is 0 Å². The monoisotopic (exact) mass is 420 g/mol. The number of ketones is 1. The van der Waals surface area contributed by atoms with Gasteiger partial charge in [0.05, 0.1) is 4.88 Å². The summed E-state index contributed by atoms with van der Waals surface area (Å²) in [5.74, 6) is -0.648. The number of hydrogen-bond donors (Lipinski definition) is 0. The van der Waals surface area contributed by atoms with Crippen LogP contribution in [0, 0.1) is 0 Å². The summed E-state index contributed by atoms with van der Waals surface area (Å²) in [5, 5.41) is 0. The van der Waals surface area contributed by atoms with Gasteiger partial charge in [-0.3, -0.25) is 4.79 Å². The minimum atomic E-state index is -4.58. The van der Waals surface area contributed by atoms with Gasteiger partial charge in [0.15, 0.2) is 5.78 Å². The summed E-state index contributed by atoms with van der Waals surface area (Å²) in [5.41, 5.74) is 1.52. The first kappa shape index (κ1) is 20.8. The number of benzene rings is 2.